The first-order chi connectivity index (χ1) is 10.1. The fourth-order valence-electron chi connectivity index (χ4n) is 1.59. The highest BCUT2D eigenvalue weighted by molar-refractivity contribution is 14.1. The van der Waals surface area contributed by atoms with Crippen LogP contribution in [-0.4, -0.2) is 19.2 Å². The number of amides is 1. The molecule has 21 heavy (non-hydrogen) atoms. The number of carbonyl (C=O) groups is 1. The highest BCUT2D eigenvalue weighted by Crippen LogP contribution is 2.21. The van der Waals surface area contributed by atoms with Gasteiger partial charge >= 0.3 is 0 Å². The van der Waals surface area contributed by atoms with Gasteiger partial charge in [-0.1, -0.05) is 23.7 Å². The monoisotopic (exact) mass is 414 g/mol. The molecule has 1 N–H and O–H groups in total. The van der Waals surface area contributed by atoms with E-state index in [1.807, 2.05) is 12.1 Å². The standard InChI is InChI=1S/C15H12ClIN2O2/c1-21-14-7-4-11(8-13(14)17)15(20)19-18-9-10-2-5-12(16)6-3-10/h2-9H,1H3,(H,19,20). The minimum atomic E-state index is -0.277. The third-order valence-corrected chi connectivity index (χ3v) is 3.76. The Hall–Kier alpha value is -1.60. The van der Waals surface area contributed by atoms with Gasteiger partial charge in [-0.2, -0.15) is 5.10 Å². The molecular formula is C15H12ClIN2O2. The van der Waals surface area contributed by atoms with E-state index in [0.717, 1.165) is 14.9 Å². The molecule has 2 aromatic carbocycles. The number of benzene rings is 2. The molecule has 0 aliphatic heterocycles. The first-order valence-electron chi connectivity index (χ1n) is 6.02. The lowest BCUT2D eigenvalue weighted by molar-refractivity contribution is 0.0955. The lowest BCUT2D eigenvalue weighted by Crippen LogP contribution is -2.17. The van der Waals surface area contributed by atoms with E-state index >= 15 is 0 Å². The third-order valence-electron chi connectivity index (χ3n) is 2.66. The van der Waals surface area contributed by atoms with Gasteiger partial charge in [0.1, 0.15) is 5.75 Å². The van der Waals surface area contributed by atoms with E-state index in [2.05, 4.69) is 33.1 Å². The van der Waals surface area contributed by atoms with Crippen molar-refractivity contribution in [3.8, 4) is 5.75 Å². The largest absolute Gasteiger partial charge is 0.496 e. The molecule has 0 unspecified atom stereocenters. The quantitative estimate of drug-likeness (QED) is 0.471. The lowest BCUT2D eigenvalue weighted by atomic mass is 10.2. The van der Waals surface area contributed by atoms with E-state index in [1.54, 1.807) is 43.7 Å². The summed E-state index contributed by atoms with van der Waals surface area (Å²) in [6, 6.07) is 12.3. The smallest absolute Gasteiger partial charge is 0.271 e. The molecule has 108 valence electrons. The number of hydrogen-bond donors (Lipinski definition) is 1. The van der Waals surface area contributed by atoms with E-state index in [4.69, 9.17) is 16.3 Å². The Bertz CT molecular complexity index is 672. The molecule has 0 heterocycles. The molecule has 6 heteroatoms. The van der Waals surface area contributed by atoms with Crippen molar-refractivity contribution in [1.29, 1.82) is 0 Å². The molecule has 0 fully saturated rings. The fraction of sp³-hybridized carbons (Fsp3) is 0.0667. The summed E-state index contributed by atoms with van der Waals surface area (Å²) >= 11 is 7.90. The van der Waals surface area contributed by atoms with Crippen LogP contribution in [0.4, 0.5) is 0 Å². The number of rotatable bonds is 4. The molecular weight excluding hydrogens is 403 g/mol. The lowest BCUT2D eigenvalue weighted by Gasteiger charge is -2.05. The highest BCUT2D eigenvalue weighted by atomic mass is 127. The number of nitrogens with zero attached hydrogens (tertiary/aromatic N) is 1. The molecule has 0 radical (unpaired) electrons. The molecule has 0 spiro atoms. The number of hydrazone groups is 1. The molecule has 2 rings (SSSR count). The molecule has 0 aromatic heterocycles. The molecule has 2 aromatic rings. The number of nitrogens with one attached hydrogen (secondary N) is 1. The van der Waals surface area contributed by atoms with Crippen LogP contribution in [-0.2, 0) is 0 Å². The van der Waals surface area contributed by atoms with Gasteiger partial charge in [-0.25, -0.2) is 5.43 Å². The molecule has 0 saturated carbocycles. The maximum absolute atomic E-state index is 12.0. The summed E-state index contributed by atoms with van der Waals surface area (Å²) in [4.78, 5) is 12.0. The predicted molar refractivity (Wildman–Crippen MR) is 92.2 cm³/mol. The molecule has 0 atom stereocenters. The van der Waals surface area contributed by atoms with Gasteiger partial charge in [0.05, 0.1) is 16.9 Å². The van der Waals surface area contributed by atoms with Crippen molar-refractivity contribution >= 4 is 46.3 Å². The van der Waals surface area contributed by atoms with Crippen LogP contribution in [0.25, 0.3) is 0 Å². The minimum absolute atomic E-state index is 0.277. The van der Waals surface area contributed by atoms with Crippen molar-refractivity contribution in [2.75, 3.05) is 7.11 Å². The first-order valence-corrected chi connectivity index (χ1v) is 7.48. The second-order valence-electron chi connectivity index (χ2n) is 4.10. The van der Waals surface area contributed by atoms with Crippen LogP contribution in [0.5, 0.6) is 5.75 Å². The van der Waals surface area contributed by atoms with Gasteiger partial charge in [-0.15, -0.1) is 0 Å². The Morgan fingerprint density at radius 2 is 2.00 bits per heavy atom. The average molecular weight is 415 g/mol. The number of carbonyl (C=O) groups excluding carboxylic acids is 1. The van der Waals surface area contributed by atoms with Crippen molar-refractivity contribution in [1.82, 2.24) is 5.43 Å². The Balaban J connectivity index is 2.01. The van der Waals surface area contributed by atoms with Crippen molar-refractivity contribution in [2.24, 2.45) is 5.10 Å². The van der Waals surface area contributed by atoms with Gasteiger partial charge in [0.25, 0.3) is 5.91 Å². The van der Waals surface area contributed by atoms with Crippen LogP contribution < -0.4 is 10.2 Å². The average Bonchev–Trinajstić information content (AvgIpc) is 2.49. The van der Waals surface area contributed by atoms with Crippen LogP contribution in [0.2, 0.25) is 5.02 Å². The van der Waals surface area contributed by atoms with E-state index in [9.17, 15) is 4.79 Å². The van der Waals surface area contributed by atoms with Crippen LogP contribution in [0.3, 0.4) is 0 Å². The maximum atomic E-state index is 12.0. The molecule has 0 aliphatic rings. The van der Waals surface area contributed by atoms with Crippen molar-refractivity contribution in [3.05, 3.63) is 62.2 Å². The highest BCUT2D eigenvalue weighted by Gasteiger charge is 2.07. The summed E-state index contributed by atoms with van der Waals surface area (Å²) in [7, 11) is 1.59. The van der Waals surface area contributed by atoms with E-state index in [-0.39, 0.29) is 5.91 Å². The van der Waals surface area contributed by atoms with Gasteiger partial charge < -0.3 is 4.74 Å². The van der Waals surface area contributed by atoms with Gasteiger partial charge in [-0.05, 0) is 58.5 Å². The summed E-state index contributed by atoms with van der Waals surface area (Å²) < 4.78 is 6.01. The summed E-state index contributed by atoms with van der Waals surface area (Å²) in [6.45, 7) is 0. The zero-order chi connectivity index (χ0) is 15.2. The summed E-state index contributed by atoms with van der Waals surface area (Å²) in [5, 5.41) is 4.57. The Labute approximate surface area is 141 Å². The van der Waals surface area contributed by atoms with Crippen molar-refractivity contribution < 1.29 is 9.53 Å². The van der Waals surface area contributed by atoms with E-state index in [0.29, 0.717) is 10.6 Å². The predicted octanol–water partition coefficient (Wildman–Crippen LogP) is 3.72. The van der Waals surface area contributed by atoms with Gasteiger partial charge in [0.2, 0.25) is 0 Å². The molecule has 0 saturated heterocycles. The molecule has 1 amide bonds. The van der Waals surface area contributed by atoms with Crippen LogP contribution >= 0.6 is 34.2 Å². The number of halogens is 2. The number of methoxy groups -OCH3 is 1. The fourth-order valence-corrected chi connectivity index (χ4v) is 2.45. The zero-order valence-corrected chi connectivity index (χ0v) is 14.1. The Kier molecular flexibility index (Phi) is 5.58. The third kappa shape index (κ3) is 4.44. The zero-order valence-electron chi connectivity index (χ0n) is 11.1. The van der Waals surface area contributed by atoms with Crippen molar-refractivity contribution in [2.45, 2.75) is 0 Å². The topological polar surface area (TPSA) is 50.7 Å². The summed E-state index contributed by atoms with van der Waals surface area (Å²) in [5.74, 6) is 0.456. The maximum Gasteiger partial charge on any atom is 0.271 e. The van der Waals surface area contributed by atoms with Crippen molar-refractivity contribution in [3.63, 3.8) is 0 Å². The second kappa shape index (κ2) is 7.42. The Morgan fingerprint density at radius 1 is 1.29 bits per heavy atom. The summed E-state index contributed by atoms with van der Waals surface area (Å²) in [5.41, 5.74) is 3.85. The Morgan fingerprint density at radius 3 is 2.62 bits per heavy atom. The molecule has 0 aliphatic carbocycles. The van der Waals surface area contributed by atoms with E-state index in [1.165, 1.54) is 0 Å². The molecule has 4 nitrogen and oxygen atoms in total. The summed E-state index contributed by atoms with van der Waals surface area (Å²) in [6.07, 6.45) is 1.56. The number of ether oxygens (including phenoxy) is 1. The normalized spacial score (nSPS) is 10.6. The van der Waals surface area contributed by atoms with Crippen LogP contribution in [0.15, 0.2) is 47.6 Å². The van der Waals surface area contributed by atoms with Gasteiger partial charge in [0.15, 0.2) is 0 Å². The first kappa shape index (κ1) is 15.8. The van der Waals surface area contributed by atoms with E-state index < -0.39 is 0 Å². The second-order valence-corrected chi connectivity index (χ2v) is 5.70. The van der Waals surface area contributed by atoms with Gasteiger partial charge in [-0.3, -0.25) is 4.79 Å². The molecule has 0 bridgehead atoms. The minimum Gasteiger partial charge on any atom is -0.496 e. The SMILES string of the molecule is COc1ccc(C(=O)NN=Cc2ccc(Cl)cc2)cc1I. The van der Waals surface area contributed by atoms with Gasteiger partial charge in [0, 0.05) is 10.6 Å². The van der Waals surface area contributed by atoms with Crippen LogP contribution in [0, 0.1) is 3.57 Å². The number of hydrogen-bond acceptors (Lipinski definition) is 3. The van der Waals surface area contributed by atoms with Crippen LogP contribution in [0.1, 0.15) is 15.9 Å².